The van der Waals surface area contributed by atoms with Crippen LogP contribution in [0.25, 0.3) is 11.4 Å². The van der Waals surface area contributed by atoms with Gasteiger partial charge in [-0.15, -0.1) is 0 Å². The molecule has 1 atom stereocenters. The molecule has 4 rings (SSSR count). The average Bonchev–Trinajstić information content (AvgIpc) is 3.25. The Morgan fingerprint density at radius 2 is 2.03 bits per heavy atom. The molecule has 2 heterocycles. The zero-order valence-corrected chi connectivity index (χ0v) is 16.7. The maximum absolute atomic E-state index is 12.8. The van der Waals surface area contributed by atoms with Gasteiger partial charge in [0, 0.05) is 23.7 Å². The van der Waals surface area contributed by atoms with Crippen LogP contribution in [0.5, 0.6) is 5.75 Å². The van der Waals surface area contributed by atoms with Crippen LogP contribution >= 0.6 is 11.6 Å². The van der Waals surface area contributed by atoms with E-state index in [-0.39, 0.29) is 11.9 Å². The van der Waals surface area contributed by atoms with Crippen molar-refractivity contribution >= 4 is 23.3 Å². The SMILES string of the molecule is COc1ccccc1NC(=O)N1CCCC(c2nc(-c3ccc(Cl)cc3)no2)C1. The summed E-state index contributed by atoms with van der Waals surface area (Å²) in [5, 5.41) is 7.66. The van der Waals surface area contributed by atoms with Crippen LogP contribution in [0.1, 0.15) is 24.7 Å². The van der Waals surface area contributed by atoms with Gasteiger partial charge in [-0.05, 0) is 49.2 Å². The van der Waals surface area contributed by atoms with Crippen molar-refractivity contribution in [3.8, 4) is 17.1 Å². The van der Waals surface area contributed by atoms with Gasteiger partial charge in [0.2, 0.25) is 11.7 Å². The Morgan fingerprint density at radius 1 is 1.24 bits per heavy atom. The second-order valence-electron chi connectivity index (χ2n) is 6.88. The Balaban J connectivity index is 1.44. The molecule has 1 fully saturated rings. The molecule has 3 aromatic rings. The molecule has 8 heteroatoms. The maximum Gasteiger partial charge on any atom is 0.321 e. The van der Waals surface area contributed by atoms with E-state index in [1.165, 1.54) is 0 Å². The van der Waals surface area contributed by atoms with E-state index in [1.54, 1.807) is 24.1 Å². The van der Waals surface area contributed by atoms with E-state index in [0.29, 0.717) is 41.3 Å². The van der Waals surface area contributed by atoms with E-state index < -0.39 is 0 Å². The summed E-state index contributed by atoms with van der Waals surface area (Å²) >= 11 is 5.93. The first kappa shape index (κ1) is 19.3. The number of ether oxygens (including phenoxy) is 1. The lowest BCUT2D eigenvalue weighted by Crippen LogP contribution is -2.41. The van der Waals surface area contributed by atoms with Crippen LogP contribution in [0.4, 0.5) is 10.5 Å². The molecule has 1 unspecified atom stereocenters. The Labute approximate surface area is 173 Å². The molecule has 1 saturated heterocycles. The van der Waals surface area contributed by atoms with Gasteiger partial charge in [-0.3, -0.25) is 0 Å². The zero-order chi connectivity index (χ0) is 20.2. The largest absolute Gasteiger partial charge is 0.495 e. The number of benzene rings is 2. The highest BCUT2D eigenvalue weighted by molar-refractivity contribution is 6.30. The van der Waals surface area contributed by atoms with Crippen molar-refractivity contribution in [3.63, 3.8) is 0 Å². The second-order valence-corrected chi connectivity index (χ2v) is 7.32. The molecule has 2 aromatic carbocycles. The molecule has 1 aliphatic heterocycles. The van der Waals surface area contributed by atoms with Crippen LogP contribution in [0.2, 0.25) is 5.02 Å². The highest BCUT2D eigenvalue weighted by Crippen LogP contribution is 2.29. The minimum absolute atomic E-state index is 0.000666. The van der Waals surface area contributed by atoms with Crippen LogP contribution < -0.4 is 10.1 Å². The first-order valence-electron chi connectivity index (χ1n) is 9.42. The van der Waals surface area contributed by atoms with E-state index in [2.05, 4.69) is 15.5 Å². The van der Waals surface area contributed by atoms with Gasteiger partial charge < -0.3 is 19.5 Å². The summed E-state index contributed by atoms with van der Waals surface area (Å²) in [6, 6.07) is 14.5. The number of para-hydroxylation sites is 2. The molecule has 7 nitrogen and oxygen atoms in total. The number of hydrogen-bond donors (Lipinski definition) is 1. The van der Waals surface area contributed by atoms with Crippen molar-refractivity contribution in [1.82, 2.24) is 15.0 Å². The first-order chi connectivity index (χ1) is 14.1. The quantitative estimate of drug-likeness (QED) is 0.665. The summed E-state index contributed by atoms with van der Waals surface area (Å²) < 4.78 is 10.8. The number of nitrogens with one attached hydrogen (secondary N) is 1. The molecular weight excluding hydrogens is 392 g/mol. The first-order valence-corrected chi connectivity index (χ1v) is 9.80. The van der Waals surface area contributed by atoms with Crippen LogP contribution in [0.3, 0.4) is 0 Å². The fourth-order valence-corrected chi connectivity index (χ4v) is 3.55. The number of anilines is 1. The molecule has 1 N–H and O–H groups in total. The number of likely N-dealkylation sites (tertiary alicyclic amines) is 1. The Hall–Kier alpha value is -3.06. The monoisotopic (exact) mass is 412 g/mol. The van der Waals surface area contributed by atoms with E-state index in [1.807, 2.05) is 36.4 Å². The summed E-state index contributed by atoms with van der Waals surface area (Å²) in [5.74, 6) is 1.69. The number of nitrogens with zero attached hydrogens (tertiary/aromatic N) is 3. The molecule has 2 amide bonds. The van der Waals surface area contributed by atoms with Crippen molar-refractivity contribution < 1.29 is 14.1 Å². The van der Waals surface area contributed by atoms with E-state index in [0.717, 1.165) is 18.4 Å². The predicted molar refractivity (Wildman–Crippen MR) is 110 cm³/mol. The van der Waals surface area contributed by atoms with Crippen LogP contribution in [-0.2, 0) is 0 Å². The molecule has 29 heavy (non-hydrogen) atoms. The van der Waals surface area contributed by atoms with E-state index >= 15 is 0 Å². The third-order valence-electron chi connectivity index (χ3n) is 4.95. The van der Waals surface area contributed by atoms with Crippen molar-refractivity contribution in [3.05, 3.63) is 59.4 Å². The molecule has 0 bridgehead atoms. The number of amides is 2. The number of piperidine rings is 1. The van der Waals surface area contributed by atoms with Gasteiger partial charge >= 0.3 is 6.03 Å². The molecular formula is C21H21ClN4O3. The minimum atomic E-state index is -0.170. The summed E-state index contributed by atoms with van der Waals surface area (Å²) in [5.41, 5.74) is 1.48. The highest BCUT2D eigenvalue weighted by Gasteiger charge is 2.29. The smallest absolute Gasteiger partial charge is 0.321 e. The molecule has 1 aliphatic rings. The summed E-state index contributed by atoms with van der Waals surface area (Å²) in [6.07, 6.45) is 1.75. The van der Waals surface area contributed by atoms with Crippen LogP contribution in [0, 0.1) is 0 Å². The maximum atomic E-state index is 12.8. The number of carbonyl (C=O) groups is 1. The van der Waals surface area contributed by atoms with Gasteiger partial charge in [0.25, 0.3) is 0 Å². The number of methoxy groups -OCH3 is 1. The Bertz CT molecular complexity index is 990. The van der Waals surface area contributed by atoms with Crippen molar-refractivity contribution in [2.45, 2.75) is 18.8 Å². The van der Waals surface area contributed by atoms with Gasteiger partial charge in [-0.2, -0.15) is 4.98 Å². The van der Waals surface area contributed by atoms with Gasteiger partial charge in [0.15, 0.2) is 0 Å². The number of halogens is 1. The fourth-order valence-electron chi connectivity index (χ4n) is 3.42. The van der Waals surface area contributed by atoms with Gasteiger partial charge in [-0.1, -0.05) is 28.9 Å². The number of rotatable bonds is 4. The standard InChI is InChI=1S/C21H21ClN4O3/c1-28-18-7-3-2-6-17(18)23-21(27)26-12-4-5-15(13-26)20-24-19(25-29-20)14-8-10-16(22)11-9-14/h2-3,6-11,15H,4-5,12-13H2,1H3,(H,23,27). The third-order valence-corrected chi connectivity index (χ3v) is 5.20. The van der Waals surface area contributed by atoms with Gasteiger partial charge in [0.1, 0.15) is 5.75 Å². The molecule has 1 aromatic heterocycles. The Morgan fingerprint density at radius 3 is 2.83 bits per heavy atom. The number of hydrogen-bond acceptors (Lipinski definition) is 5. The average molecular weight is 413 g/mol. The van der Waals surface area contributed by atoms with E-state index in [9.17, 15) is 4.79 Å². The second kappa shape index (κ2) is 8.53. The number of aromatic nitrogens is 2. The Kier molecular flexibility index (Phi) is 5.67. The van der Waals surface area contributed by atoms with E-state index in [4.69, 9.17) is 20.9 Å². The van der Waals surface area contributed by atoms with Crippen molar-refractivity contribution in [2.75, 3.05) is 25.5 Å². The molecule has 150 valence electrons. The summed E-state index contributed by atoms with van der Waals surface area (Å²) in [7, 11) is 1.58. The number of carbonyl (C=O) groups excluding carboxylic acids is 1. The predicted octanol–water partition coefficient (Wildman–Crippen LogP) is 4.81. The zero-order valence-electron chi connectivity index (χ0n) is 16.0. The third kappa shape index (κ3) is 4.35. The highest BCUT2D eigenvalue weighted by atomic mass is 35.5. The lowest BCUT2D eigenvalue weighted by molar-refractivity contribution is 0.184. The van der Waals surface area contributed by atoms with Crippen LogP contribution in [0.15, 0.2) is 53.1 Å². The minimum Gasteiger partial charge on any atom is -0.495 e. The molecule has 0 saturated carbocycles. The summed E-state index contributed by atoms with van der Waals surface area (Å²) in [6.45, 7) is 1.19. The lowest BCUT2D eigenvalue weighted by atomic mass is 9.98. The van der Waals surface area contributed by atoms with Gasteiger partial charge in [-0.25, -0.2) is 4.79 Å². The normalized spacial score (nSPS) is 16.5. The number of urea groups is 1. The van der Waals surface area contributed by atoms with Crippen molar-refractivity contribution in [2.24, 2.45) is 0 Å². The van der Waals surface area contributed by atoms with Gasteiger partial charge in [0.05, 0.1) is 18.7 Å². The van der Waals surface area contributed by atoms with Crippen LogP contribution in [-0.4, -0.2) is 41.3 Å². The topological polar surface area (TPSA) is 80.5 Å². The van der Waals surface area contributed by atoms with Crippen molar-refractivity contribution in [1.29, 1.82) is 0 Å². The molecule has 0 radical (unpaired) electrons. The fraction of sp³-hybridized carbons (Fsp3) is 0.286. The summed E-state index contributed by atoms with van der Waals surface area (Å²) in [4.78, 5) is 19.1. The lowest BCUT2D eigenvalue weighted by Gasteiger charge is -2.31. The molecule has 0 spiro atoms. The molecule has 0 aliphatic carbocycles.